The Morgan fingerprint density at radius 2 is 2.05 bits per heavy atom. The molecule has 0 heterocycles. The van der Waals surface area contributed by atoms with Gasteiger partial charge in [-0.1, -0.05) is 22.9 Å². The summed E-state index contributed by atoms with van der Waals surface area (Å²) in [4.78, 5) is 23.4. The minimum absolute atomic E-state index is 0.0258. The summed E-state index contributed by atoms with van der Waals surface area (Å²) >= 11 is 3.40. The summed E-state index contributed by atoms with van der Waals surface area (Å²) in [6.07, 6.45) is 0. The van der Waals surface area contributed by atoms with Crippen molar-refractivity contribution in [2.24, 2.45) is 5.92 Å². The number of benzene rings is 1. The first-order chi connectivity index (χ1) is 9.43. The third kappa shape index (κ3) is 5.30. The summed E-state index contributed by atoms with van der Waals surface area (Å²) in [6, 6.07) is 5.55. The maximum atomic E-state index is 11.7. The zero-order valence-corrected chi connectivity index (χ0v) is 13.5. The van der Waals surface area contributed by atoms with E-state index in [2.05, 4.69) is 31.9 Å². The molecule has 5 nitrogen and oxygen atoms in total. The van der Waals surface area contributed by atoms with Gasteiger partial charge in [0.25, 0.3) is 0 Å². The lowest BCUT2D eigenvalue weighted by atomic mass is 10.1. The number of anilines is 1. The van der Waals surface area contributed by atoms with Crippen LogP contribution in [0.4, 0.5) is 5.69 Å². The van der Waals surface area contributed by atoms with Gasteiger partial charge in [-0.05, 0) is 37.7 Å². The van der Waals surface area contributed by atoms with Crippen molar-refractivity contribution in [1.29, 1.82) is 0 Å². The van der Waals surface area contributed by atoms with Gasteiger partial charge in [-0.25, -0.2) is 0 Å². The maximum Gasteiger partial charge on any atom is 0.243 e. The van der Waals surface area contributed by atoms with Gasteiger partial charge in [0.1, 0.15) is 0 Å². The zero-order chi connectivity index (χ0) is 15.1. The van der Waals surface area contributed by atoms with Gasteiger partial charge in [0.15, 0.2) is 0 Å². The van der Waals surface area contributed by atoms with Crippen LogP contribution in [0.2, 0.25) is 0 Å². The van der Waals surface area contributed by atoms with Gasteiger partial charge in [0.05, 0.1) is 6.54 Å². The number of halogens is 1. The van der Waals surface area contributed by atoms with E-state index in [-0.39, 0.29) is 24.3 Å². The van der Waals surface area contributed by atoms with Crippen LogP contribution in [0.25, 0.3) is 0 Å². The number of carbonyl (C=O) groups is 2. The molecule has 110 valence electrons. The molecule has 0 aliphatic rings. The lowest BCUT2D eigenvalue weighted by Crippen LogP contribution is -2.38. The topological polar surface area (TPSA) is 70.2 Å². The Bertz CT molecular complexity index is 491. The van der Waals surface area contributed by atoms with Gasteiger partial charge in [0, 0.05) is 22.6 Å². The number of nitrogens with one attached hydrogen (secondary N) is 3. The van der Waals surface area contributed by atoms with Gasteiger partial charge in [-0.3, -0.25) is 9.59 Å². The lowest BCUT2D eigenvalue weighted by Gasteiger charge is -2.12. The van der Waals surface area contributed by atoms with Crippen LogP contribution in [0, 0.1) is 12.8 Å². The second kappa shape index (κ2) is 8.01. The smallest absolute Gasteiger partial charge is 0.243 e. The Morgan fingerprint density at radius 1 is 1.35 bits per heavy atom. The second-order valence-electron chi connectivity index (χ2n) is 4.69. The number of rotatable bonds is 6. The largest absolute Gasteiger partial charge is 0.347 e. The van der Waals surface area contributed by atoms with E-state index in [4.69, 9.17) is 0 Å². The normalized spacial score (nSPS) is 11.8. The first-order valence-electron chi connectivity index (χ1n) is 6.42. The average molecular weight is 342 g/mol. The zero-order valence-electron chi connectivity index (χ0n) is 11.9. The molecule has 0 saturated carbocycles. The summed E-state index contributed by atoms with van der Waals surface area (Å²) in [5.41, 5.74) is 1.75. The van der Waals surface area contributed by atoms with E-state index >= 15 is 0 Å². The van der Waals surface area contributed by atoms with E-state index in [1.54, 1.807) is 13.1 Å². The first kappa shape index (κ1) is 16.7. The van der Waals surface area contributed by atoms with Gasteiger partial charge in [-0.2, -0.15) is 0 Å². The molecular weight excluding hydrogens is 322 g/mol. The Labute approximate surface area is 127 Å². The van der Waals surface area contributed by atoms with Crippen LogP contribution < -0.4 is 16.0 Å². The summed E-state index contributed by atoms with van der Waals surface area (Å²) in [6.45, 7) is 4.31. The van der Waals surface area contributed by atoms with E-state index in [1.165, 1.54) is 0 Å². The maximum absolute atomic E-state index is 11.7. The van der Waals surface area contributed by atoms with Crippen LogP contribution in [0.3, 0.4) is 0 Å². The highest BCUT2D eigenvalue weighted by Gasteiger charge is 2.12. The van der Waals surface area contributed by atoms with Gasteiger partial charge in [-0.15, -0.1) is 0 Å². The molecule has 1 aromatic rings. The highest BCUT2D eigenvalue weighted by atomic mass is 79.9. The molecule has 1 atom stereocenters. The molecular formula is C14H20BrN3O2. The van der Waals surface area contributed by atoms with Crippen molar-refractivity contribution < 1.29 is 9.59 Å². The van der Waals surface area contributed by atoms with Crippen molar-refractivity contribution in [3.8, 4) is 0 Å². The number of hydrogen-bond acceptors (Lipinski definition) is 3. The Hall–Kier alpha value is -1.40. The molecule has 0 aliphatic carbocycles. The molecule has 20 heavy (non-hydrogen) atoms. The van der Waals surface area contributed by atoms with E-state index in [1.807, 2.05) is 26.0 Å². The molecule has 3 N–H and O–H groups in total. The molecule has 1 aromatic carbocycles. The fourth-order valence-electron chi connectivity index (χ4n) is 1.67. The highest BCUT2D eigenvalue weighted by Crippen LogP contribution is 2.19. The third-order valence-electron chi connectivity index (χ3n) is 2.82. The van der Waals surface area contributed by atoms with Crippen LogP contribution in [0.5, 0.6) is 0 Å². The third-order valence-corrected chi connectivity index (χ3v) is 3.71. The lowest BCUT2D eigenvalue weighted by molar-refractivity contribution is -0.126. The first-order valence-corrected chi connectivity index (χ1v) is 7.21. The molecule has 0 bridgehead atoms. The van der Waals surface area contributed by atoms with E-state index in [0.717, 1.165) is 10.0 Å². The number of amides is 2. The fourth-order valence-corrected chi connectivity index (χ4v) is 1.91. The molecule has 0 aromatic heterocycles. The van der Waals surface area contributed by atoms with Crippen LogP contribution in [0.1, 0.15) is 12.5 Å². The standard InChI is InChI=1S/C14H20BrN3O2/c1-9-6-11(4-5-12(9)15)18-13(19)8-17-14(20)10(2)7-16-3/h4-6,10,16H,7-8H2,1-3H3,(H,17,20)(H,18,19). The SMILES string of the molecule is CNCC(C)C(=O)NCC(=O)Nc1ccc(Br)c(C)c1. The van der Waals surface area contributed by atoms with Crippen molar-refractivity contribution in [3.05, 3.63) is 28.2 Å². The van der Waals surface area contributed by atoms with E-state index in [9.17, 15) is 9.59 Å². The van der Waals surface area contributed by atoms with Crippen molar-refractivity contribution in [1.82, 2.24) is 10.6 Å². The molecule has 1 unspecified atom stereocenters. The van der Waals surface area contributed by atoms with Gasteiger partial charge < -0.3 is 16.0 Å². The average Bonchev–Trinajstić information content (AvgIpc) is 2.40. The Morgan fingerprint density at radius 3 is 2.65 bits per heavy atom. The van der Waals surface area contributed by atoms with Gasteiger partial charge in [0.2, 0.25) is 11.8 Å². The quantitative estimate of drug-likeness (QED) is 0.737. The van der Waals surface area contributed by atoms with Crippen molar-refractivity contribution >= 4 is 33.4 Å². The molecule has 0 aliphatic heterocycles. The molecule has 0 fully saturated rings. The molecule has 0 saturated heterocycles. The van der Waals surface area contributed by atoms with E-state index in [0.29, 0.717) is 12.2 Å². The van der Waals surface area contributed by atoms with Crippen LogP contribution in [-0.2, 0) is 9.59 Å². The van der Waals surface area contributed by atoms with Crippen molar-refractivity contribution in [3.63, 3.8) is 0 Å². The minimum atomic E-state index is -0.239. The summed E-state index contributed by atoms with van der Waals surface area (Å²) in [5.74, 6) is -0.541. The van der Waals surface area contributed by atoms with Crippen molar-refractivity contribution in [2.75, 3.05) is 25.5 Å². The predicted octanol–water partition coefficient (Wildman–Crippen LogP) is 1.67. The summed E-state index contributed by atoms with van der Waals surface area (Å²) in [7, 11) is 1.78. The molecule has 1 rings (SSSR count). The number of hydrogen-bond donors (Lipinski definition) is 3. The predicted molar refractivity (Wildman–Crippen MR) is 83.6 cm³/mol. The van der Waals surface area contributed by atoms with Crippen LogP contribution in [-0.4, -0.2) is 32.0 Å². The minimum Gasteiger partial charge on any atom is -0.347 e. The molecule has 6 heteroatoms. The summed E-state index contributed by atoms with van der Waals surface area (Å²) < 4.78 is 0.990. The Balaban J connectivity index is 2.44. The second-order valence-corrected chi connectivity index (χ2v) is 5.54. The van der Waals surface area contributed by atoms with E-state index < -0.39 is 0 Å². The fraction of sp³-hybridized carbons (Fsp3) is 0.429. The van der Waals surface area contributed by atoms with Crippen LogP contribution >= 0.6 is 15.9 Å². The van der Waals surface area contributed by atoms with Crippen LogP contribution in [0.15, 0.2) is 22.7 Å². The molecule has 0 spiro atoms. The molecule has 0 radical (unpaired) electrons. The number of aryl methyl sites for hydroxylation is 1. The monoisotopic (exact) mass is 341 g/mol. The number of carbonyl (C=O) groups excluding carboxylic acids is 2. The van der Waals surface area contributed by atoms with Gasteiger partial charge >= 0.3 is 0 Å². The summed E-state index contributed by atoms with van der Waals surface area (Å²) in [5, 5.41) is 8.28. The molecule has 2 amide bonds. The highest BCUT2D eigenvalue weighted by molar-refractivity contribution is 9.10. The Kier molecular flexibility index (Phi) is 6.67. The van der Waals surface area contributed by atoms with Crippen molar-refractivity contribution in [2.45, 2.75) is 13.8 Å².